The number of hydrogen-bond acceptors (Lipinski definition) is 5. The summed E-state index contributed by atoms with van der Waals surface area (Å²) in [5.41, 5.74) is 2.48. The molecule has 1 aromatic carbocycles. The monoisotopic (exact) mass is 360 g/mol. The molecule has 4 nitrogen and oxygen atoms in total. The van der Waals surface area contributed by atoms with Crippen molar-refractivity contribution in [1.29, 1.82) is 0 Å². The first-order valence-electron chi connectivity index (χ1n) is 8.63. The topological polar surface area (TPSA) is 44.8 Å². The first-order valence-corrected chi connectivity index (χ1v) is 9.62. The number of hydrogen-bond donors (Lipinski definition) is 0. The van der Waals surface area contributed by atoms with Gasteiger partial charge in [-0.3, -0.25) is 4.79 Å². The predicted octanol–water partition coefficient (Wildman–Crippen LogP) is 3.92. The highest BCUT2D eigenvalue weighted by Gasteiger charge is 2.52. The lowest BCUT2D eigenvalue weighted by atomic mass is 9.78. The number of carbonyl (C=O) groups is 1. The van der Waals surface area contributed by atoms with E-state index in [1.165, 1.54) is 17.3 Å². The third-order valence-electron chi connectivity index (χ3n) is 5.06. The minimum atomic E-state index is -0.443. The van der Waals surface area contributed by atoms with Gasteiger partial charge in [-0.25, -0.2) is 0 Å². The summed E-state index contributed by atoms with van der Waals surface area (Å²) in [6.45, 7) is 10.5. The number of fused-ring (bicyclic) bond motifs is 1. The molecule has 0 N–H and O–H groups in total. The molecule has 0 saturated carbocycles. The van der Waals surface area contributed by atoms with Gasteiger partial charge in [0.05, 0.1) is 17.8 Å². The Labute approximate surface area is 154 Å². The van der Waals surface area contributed by atoms with Gasteiger partial charge in [0, 0.05) is 19.1 Å². The Kier molecular flexibility index (Phi) is 5.06. The SMILES string of the molecule is CC(=O)SCC(=Cc1ccc2c(c1)CCO2)B1OC(C)(C)C(C)(C)O1. The second-order valence-electron chi connectivity index (χ2n) is 7.55. The molecule has 1 saturated heterocycles. The van der Waals surface area contributed by atoms with Crippen LogP contribution in [0.4, 0.5) is 0 Å². The zero-order valence-electron chi connectivity index (χ0n) is 15.5. The highest BCUT2D eigenvalue weighted by atomic mass is 32.2. The molecule has 25 heavy (non-hydrogen) atoms. The number of carbonyl (C=O) groups excluding carboxylic acids is 1. The maximum Gasteiger partial charge on any atom is 0.491 e. The van der Waals surface area contributed by atoms with Gasteiger partial charge in [-0.05, 0) is 56.4 Å². The molecule has 0 aromatic heterocycles. The van der Waals surface area contributed by atoms with E-state index in [0.717, 1.165) is 29.8 Å². The van der Waals surface area contributed by atoms with E-state index in [1.54, 1.807) is 6.92 Å². The second-order valence-corrected chi connectivity index (χ2v) is 8.71. The lowest BCUT2D eigenvalue weighted by molar-refractivity contribution is -0.109. The predicted molar refractivity (Wildman–Crippen MR) is 103 cm³/mol. The van der Waals surface area contributed by atoms with Gasteiger partial charge in [-0.15, -0.1) is 0 Å². The van der Waals surface area contributed by atoms with Crippen LogP contribution in [-0.4, -0.2) is 35.8 Å². The molecule has 134 valence electrons. The minimum Gasteiger partial charge on any atom is -0.493 e. The van der Waals surface area contributed by atoms with Gasteiger partial charge < -0.3 is 14.0 Å². The second kappa shape index (κ2) is 6.82. The van der Waals surface area contributed by atoms with Crippen LogP contribution in [0.15, 0.2) is 23.7 Å². The molecule has 3 rings (SSSR count). The first kappa shape index (κ1) is 18.6. The third-order valence-corrected chi connectivity index (χ3v) is 5.95. The summed E-state index contributed by atoms with van der Waals surface area (Å²) in [6, 6.07) is 6.19. The lowest BCUT2D eigenvalue weighted by Crippen LogP contribution is -2.41. The molecule has 1 fully saturated rings. The van der Waals surface area contributed by atoms with E-state index in [4.69, 9.17) is 14.0 Å². The van der Waals surface area contributed by atoms with E-state index in [2.05, 4.69) is 12.1 Å². The average Bonchev–Trinajstić information content (AvgIpc) is 3.05. The Bertz CT molecular complexity index is 695. The largest absolute Gasteiger partial charge is 0.493 e. The van der Waals surface area contributed by atoms with E-state index in [1.807, 2.05) is 39.8 Å². The Morgan fingerprint density at radius 1 is 1.24 bits per heavy atom. The van der Waals surface area contributed by atoms with Crippen LogP contribution >= 0.6 is 11.8 Å². The Morgan fingerprint density at radius 3 is 2.56 bits per heavy atom. The van der Waals surface area contributed by atoms with Crippen molar-refractivity contribution in [2.45, 2.75) is 52.2 Å². The molecule has 6 heteroatoms. The quantitative estimate of drug-likeness (QED) is 0.762. The van der Waals surface area contributed by atoms with Crippen molar-refractivity contribution in [2.75, 3.05) is 12.4 Å². The molecule has 0 unspecified atom stereocenters. The zero-order valence-corrected chi connectivity index (χ0v) is 16.4. The number of ether oxygens (including phenoxy) is 1. The number of benzene rings is 1. The van der Waals surface area contributed by atoms with Gasteiger partial charge in [-0.2, -0.15) is 0 Å². The highest BCUT2D eigenvalue weighted by molar-refractivity contribution is 8.13. The summed E-state index contributed by atoms with van der Waals surface area (Å²) < 4.78 is 17.9. The lowest BCUT2D eigenvalue weighted by Gasteiger charge is -2.32. The van der Waals surface area contributed by atoms with Gasteiger partial charge in [-0.1, -0.05) is 23.9 Å². The molecule has 2 aliphatic rings. The normalized spacial score (nSPS) is 21.2. The van der Waals surface area contributed by atoms with E-state index in [9.17, 15) is 4.79 Å². The van der Waals surface area contributed by atoms with Gasteiger partial charge in [0.15, 0.2) is 5.12 Å². The van der Waals surface area contributed by atoms with Crippen molar-refractivity contribution in [1.82, 2.24) is 0 Å². The van der Waals surface area contributed by atoms with Gasteiger partial charge in [0.25, 0.3) is 0 Å². The van der Waals surface area contributed by atoms with Crippen LogP contribution in [-0.2, 0) is 20.5 Å². The average molecular weight is 360 g/mol. The van der Waals surface area contributed by atoms with Crippen LogP contribution in [0.25, 0.3) is 6.08 Å². The fourth-order valence-electron chi connectivity index (χ4n) is 2.87. The molecule has 0 spiro atoms. The maximum atomic E-state index is 11.5. The Hall–Kier alpha value is -1.24. The number of thioether (sulfide) groups is 1. The molecule has 0 radical (unpaired) electrons. The van der Waals surface area contributed by atoms with Crippen molar-refractivity contribution in [3.05, 3.63) is 34.8 Å². The molecular formula is C19H25BO4S. The summed E-state index contributed by atoms with van der Waals surface area (Å²) in [5.74, 6) is 1.52. The van der Waals surface area contributed by atoms with E-state index in [0.29, 0.717) is 5.75 Å². The van der Waals surface area contributed by atoms with Crippen LogP contribution in [0.3, 0.4) is 0 Å². The molecule has 0 amide bonds. The fraction of sp³-hybridized carbons (Fsp3) is 0.526. The molecule has 1 aromatic rings. The number of rotatable bonds is 4. The van der Waals surface area contributed by atoms with Gasteiger partial charge >= 0.3 is 7.12 Å². The molecular weight excluding hydrogens is 335 g/mol. The molecule has 2 aliphatic heterocycles. The van der Waals surface area contributed by atoms with Crippen LogP contribution in [0.5, 0.6) is 5.75 Å². The summed E-state index contributed by atoms with van der Waals surface area (Å²) >= 11 is 1.28. The van der Waals surface area contributed by atoms with Crippen molar-refractivity contribution in [3.63, 3.8) is 0 Å². The van der Waals surface area contributed by atoms with E-state index < -0.39 is 18.3 Å². The highest BCUT2D eigenvalue weighted by Crippen LogP contribution is 2.39. The third kappa shape index (κ3) is 3.96. The van der Waals surface area contributed by atoms with E-state index in [-0.39, 0.29) is 5.12 Å². The fourth-order valence-corrected chi connectivity index (χ4v) is 3.46. The molecule has 2 heterocycles. The summed E-state index contributed by atoms with van der Waals surface area (Å²) in [5, 5.41) is 0.0878. The van der Waals surface area contributed by atoms with Crippen molar-refractivity contribution in [3.8, 4) is 5.75 Å². The molecule has 0 aliphatic carbocycles. The standard InChI is InChI=1S/C19H25BO4S/c1-13(21)25-12-16(20-23-18(2,3)19(4,5)24-20)11-14-6-7-17-15(10-14)8-9-22-17/h6-7,10-11H,8-9,12H2,1-5H3. The molecule has 0 bridgehead atoms. The van der Waals surface area contributed by atoms with Crippen molar-refractivity contribution >= 4 is 30.1 Å². The Balaban J connectivity index is 1.88. The summed E-state index contributed by atoms with van der Waals surface area (Å²) in [6.07, 6.45) is 3.02. The summed E-state index contributed by atoms with van der Waals surface area (Å²) in [7, 11) is -0.443. The van der Waals surface area contributed by atoms with Crippen molar-refractivity contribution < 1.29 is 18.8 Å². The maximum absolute atomic E-state index is 11.5. The van der Waals surface area contributed by atoms with Crippen molar-refractivity contribution in [2.24, 2.45) is 0 Å². The first-order chi connectivity index (χ1) is 11.7. The van der Waals surface area contributed by atoms with E-state index >= 15 is 0 Å². The van der Waals surface area contributed by atoms with Crippen LogP contribution in [0, 0.1) is 0 Å². The van der Waals surface area contributed by atoms with Crippen LogP contribution in [0.1, 0.15) is 45.7 Å². The zero-order chi connectivity index (χ0) is 18.2. The Morgan fingerprint density at radius 2 is 1.92 bits per heavy atom. The van der Waals surface area contributed by atoms with Gasteiger partial charge in [0.1, 0.15) is 5.75 Å². The smallest absolute Gasteiger partial charge is 0.491 e. The minimum absolute atomic E-state index is 0.0878. The molecule has 0 atom stereocenters. The van der Waals surface area contributed by atoms with Gasteiger partial charge in [0.2, 0.25) is 0 Å². The van der Waals surface area contributed by atoms with Crippen LogP contribution < -0.4 is 4.74 Å². The summed E-state index contributed by atoms with van der Waals surface area (Å²) in [4.78, 5) is 11.5. The van der Waals surface area contributed by atoms with Crippen LogP contribution in [0.2, 0.25) is 0 Å².